The van der Waals surface area contributed by atoms with Crippen molar-refractivity contribution in [3.63, 3.8) is 0 Å². The summed E-state index contributed by atoms with van der Waals surface area (Å²) in [6.07, 6.45) is -0.109. The van der Waals surface area contributed by atoms with E-state index < -0.39 is 5.97 Å². The first-order valence-electron chi connectivity index (χ1n) is 4.97. The summed E-state index contributed by atoms with van der Waals surface area (Å²) in [5.41, 5.74) is 2.09. The molecule has 0 aliphatic heterocycles. The maximum atomic E-state index is 10.6. The van der Waals surface area contributed by atoms with E-state index >= 15 is 0 Å². The largest absolute Gasteiger partial charge is 0.481 e. The second-order valence-corrected chi connectivity index (χ2v) is 4.50. The van der Waals surface area contributed by atoms with E-state index in [-0.39, 0.29) is 6.42 Å². The molecule has 0 saturated heterocycles. The van der Waals surface area contributed by atoms with Crippen LogP contribution in [0.2, 0.25) is 0 Å². The third kappa shape index (κ3) is 2.52. The number of aromatic nitrogens is 3. The molecule has 6 heteroatoms. The van der Waals surface area contributed by atoms with E-state index in [9.17, 15) is 4.79 Å². The summed E-state index contributed by atoms with van der Waals surface area (Å²) in [6, 6.07) is 7.56. The van der Waals surface area contributed by atoms with E-state index in [0.29, 0.717) is 5.69 Å². The van der Waals surface area contributed by atoms with Gasteiger partial charge in [-0.25, -0.2) is 4.68 Å². The van der Waals surface area contributed by atoms with Crippen LogP contribution >= 0.6 is 15.9 Å². The van der Waals surface area contributed by atoms with E-state index in [4.69, 9.17) is 5.11 Å². The van der Waals surface area contributed by atoms with Crippen molar-refractivity contribution in [2.45, 2.75) is 13.3 Å². The van der Waals surface area contributed by atoms with Gasteiger partial charge in [-0.3, -0.25) is 4.79 Å². The molecule has 0 unspecified atom stereocenters. The Labute approximate surface area is 106 Å². The second kappa shape index (κ2) is 4.67. The maximum absolute atomic E-state index is 10.6. The molecule has 0 bridgehead atoms. The molecule has 1 aromatic carbocycles. The Hall–Kier alpha value is -1.69. The summed E-state index contributed by atoms with van der Waals surface area (Å²) >= 11 is 3.35. The lowest BCUT2D eigenvalue weighted by atomic mass is 10.2. The van der Waals surface area contributed by atoms with Gasteiger partial charge in [-0.1, -0.05) is 21.1 Å². The molecule has 0 radical (unpaired) electrons. The average Bonchev–Trinajstić information content (AvgIpc) is 2.61. The Bertz CT molecular complexity index is 548. The first-order chi connectivity index (χ1) is 8.08. The van der Waals surface area contributed by atoms with Crippen LogP contribution in [-0.2, 0) is 11.2 Å². The van der Waals surface area contributed by atoms with Crippen LogP contribution in [0.15, 0.2) is 28.7 Å². The van der Waals surface area contributed by atoms with Crippen LogP contribution in [0.5, 0.6) is 0 Å². The van der Waals surface area contributed by atoms with Gasteiger partial charge < -0.3 is 5.11 Å². The first-order valence-corrected chi connectivity index (χ1v) is 5.76. The smallest absolute Gasteiger partial charge is 0.309 e. The van der Waals surface area contributed by atoms with Gasteiger partial charge in [-0.15, -0.1) is 5.10 Å². The Morgan fingerprint density at radius 1 is 1.41 bits per heavy atom. The van der Waals surface area contributed by atoms with Crippen molar-refractivity contribution in [3.8, 4) is 5.69 Å². The van der Waals surface area contributed by atoms with Crippen LogP contribution in [0.3, 0.4) is 0 Å². The lowest BCUT2D eigenvalue weighted by molar-refractivity contribution is -0.136. The molecular weight excluding hydrogens is 286 g/mol. The van der Waals surface area contributed by atoms with Crippen LogP contribution in [0.4, 0.5) is 0 Å². The van der Waals surface area contributed by atoms with Gasteiger partial charge in [0.15, 0.2) is 0 Å². The van der Waals surface area contributed by atoms with Gasteiger partial charge in [0.1, 0.15) is 0 Å². The molecule has 0 saturated carbocycles. The number of rotatable bonds is 3. The highest BCUT2D eigenvalue weighted by Crippen LogP contribution is 2.16. The molecule has 0 aliphatic carbocycles. The van der Waals surface area contributed by atoms with Gasteiger partial charge in [0, 0.05) is 4.47 Å². The Kier molecular flexibility index (Phi) is 3.23. The molecule has 0 spiro atoms. The molecule has 1 heterocycles. The fourth-order valence-electron chi connectivity index (χ4n) is 1.49. The summed E-state index contributed by atoms with van der Waals surface area (Å²) in [7, 11) is 0. The number of hydrogen-bond acceptors (Lipinski definition) is 3. The normalized spacial score (nSPS) is 10.5. The second-order valence-electron chi connectivity index (χ2n) is 3.58. The topological polar surface area (TPSA) is 68.0 Å². The summed E-state index contributed by atoms with van der Waals surface area (Å²) in [5, 5.41) is 16.6. The number of nitrogens with zero attached hydrogens (tertiary/aromatic N) is 3. The van der Waals surface area contributed by atoms with Crippen LogP contribution in [0, 0.1) is 6.92 Å². The zero-order chi connectivity index (χ0) is 12.4. The molecule has 1 aromatic heterocycles. The molecule has 0 atom stereocenters. The molecule has 0 aliphatic rings. The fourth-order valence-corrected chi connectivity index (χ4v) is 1.76. The molecular formula is C11H10BrN3O2. The lowest BCUT2D eigenvalue weighted by Gasteiger charge is -2.03. The van der Waals surface area contributed by atoms with Gasteiger partial charge in [0.05, 0.1) is 23.5 Å². The van der Waals surface area contributed by atoms with Crippen molar-refractivity contribution in [1.82, 2.24) is 15.0 Å². The van der Waals surface area contributed by atoms with Crippen LogP contribution in [-0.4, -0.2) is 26.1 Å². The summed E-state index contributed by atoms with van der Waals surface area (Å²) in [6.45, 7) is 1.81. The third-order valence-corrected chi connectivity index (χ3v) is 2.91. The molecule has 2 rings (SSSR count). The summed E-state index contributed by atoms with van der Waals surface area (Å²) in [5.74, 6) is -0.907. The molecule has 0 fully saturated rings. The number of aliphatic carboxylic acids is 1. The predicted octanol–water partition coefficient (Wildman–Crippen LogP) is 1.97. The highest BCUT2D eigenvalue weighted by Gasteiger charge is 2.12. The van der Waals surface area contributed by atoms with E-state index in [1.807, 2.05) is 24.3 Å². The van der Waals surface area contributed by atoms with Gasteiger partial charge in [-0.05, 0) is 31.2 Å². The first kappa shape index (κ1) is 11.8. The van der Waals surface area contributed by atoms with Crippen LogP contribution in [0.25, 0.3) is 5.69 Å². The highest BCUT2D eigenvalue weighted by atomic mass is 79.9. The molecule has 17 heavy (non-hydrogen) atoms. The van der Waals surface area contributed by atoms with Crippen molar-refractivity contribution in [2.75, 3.05) is 0 Å². The number of carboxylic acid groups (broad SMARTS) is 1. The number of hydrogen-bond donors (Lipinski definition) is 1. The fraction of sp³-hybridized carbons (Fsp3) is 0.182. The minimum atomic E-state index is -0.907. The lowest BCUT2D eigenvalue weighted by Crippen LogP contribution is -2.03. The Morgan fingerprint density at radius 3 is 2.65 bits per heavy atom. The molecule has 2 aromatic rings. The number of carbonyl (C=O) groups is 1. The zero-order valence-corrected chi connectivity index (χ0v) is 10.7. The standard InChI is InChI=1S/C11H10BrN3O2/c1-7-10(6-11(16)17)13-14-15(7)9-4-2-8(12)3-5-9/h2-5H,6H2,1H3,(H,16,17). The molecule has 1 N–H and O–H groups in total. The van der Waals surface area contributed by atoms with Gasteiger partial charge in [0.25, 0.3) is 0 Å². The van der Waals surface area contributed by atoms with Gasteiger partial charge >= 0.3 is 5.97 Å². The number of benzene rings is 1. The SMILES string of the molecule is Cc1c(CC(=O)O)nnn1-c1ccc(Br)cc1. The third-order valence-electron chi connectivity index (χ3n) is 2.38. The minimum Gasteiger partial charge on any atom is -0.481 e. The summed E-state index contributed by atoms with van der Waals surface area (Å²) in [4.78, 5) is 10.6. The maximum Gasteiger partial charge on any atom is 0.309 e. The van der Waals surface area contributed by atoms with E-state index in [0.717, 1.165) is 15.9 Å². The zero-order valence-electron chi connectivity index (χ0n) is 9.09. The summed E-state index contributed by atoms with van der Waals surface area (Å²) < 4.78 is 2.61. The minimum absolute atomic E-state index is 0.109. The molecule has 0 amide bonds. The van der Waals surface area contributed by atoms with Crippen molar-refractivity contribution < 1.29 is 9.90 Å². The predicted molar refractivity (Wildman–Crippen MR) is 65.1 cm³/mol. The van der Waals surface area contributed by atoms with Crippen molar-refractivity contribution in [1.29, 1.82) is 0 Å². The number of halogens is 1. The molecule has 88 valence electrons. The van der Waals surface area contributed by atoms with Gasteiger partial charge in [-0.2, -0.15) is 0 Å². The molecule has 5 nitrogen and oxygen atoms in total. The van der Waals surface area contributed by atoms with Gasteiger partial charge in [0.2, 0.25) is 0 Å². The number of carboxylic acids is 1. The van der Waals surface area contributed by atoms with E-state index in [2.05, 4.69) is 26.2 Å². The van der Waals surface area contributed by atoms with Crippen LogP contribution in [0.1, 0.15) is 11.4 Å². The van der Waals surface area contributed by atoms with Crippen molar-refractivity contribution in [3.05, 3.63) is 40.1 Å². The average molecular weight is 296 g/mol. The van der Waals surface area contributed by atoms with E-state index in [1.54, 1.807) is 11.6 Å². The Morgan fingerprint density at radius 2 is 2.06 bits per heavy atom. The quantitative estimate of drug-likeness (QED) is 0.940. The van der Waals surface area contributed by atoms with E-state index in [1.165, 1.54) is 0 Å². The highest BCUT2D eigenvalue weighted by molar-refractivity contribution is 9.10. The van der Waals surface area contributed by atoms with Crippen molar-refractivity contribution >= 4 is 21.9 Å². The van der Waals surface area contributed by atoms with Crippen LogP contribution < -0.4 is 0 Å². The van der Waals surface area contributed by atoms with Crippen molar-refractivity contribution in [2.24, 2.45) is 0 Å². The Balaban J connectivity index is 2.37. The monoisotopic (exact) mass is 295 g/mol.